The van der Waals surface area contributed by atoms with E-state index in [1.54, 1.807) is 42.5 Å². The van der Waals surface area contributed by atoms with Gasteiger partial charge in [-0.1, -0.05) is 35.3 Å². The average Bonchev–Trinajstić information content (AvgIpc) is 2.78. The molecule has 0 spiro atoms. The van der Waals surface area contributed by atoms with Crippen molar-refractivity contribution in [3.63, 3.8) is 0 Å². The fraction of sp³-hybridized carbons (Fsp3) is 0.240. The molecule has 4 rings (SSSR count). The van der Waals surface area contributed by atoms with Crippen molar-refractivity contribution in [3.05, 3.63) is 92.7 Å². The molecule has 6 nitrogen and oxygen atoms in total. The van der Waals surface area contributed by atoms with Crippen molar-refractivity contribution < 1.29 is 22.3 Å². The average molecular weight is 561 g/mol. The van der Waals surface area contributed by atoms with Crippen LogP contribution in [-0.4, -0.2) is 56.7 Å². The SMILES string of the molecule is CS(=O)(=O)NC(=O)c1cccc2c1CCCN2Cc1cc(Cl)ccc1OCc1ccc(Cl)cc1F.[NaH]. The van der Waals surface area contributed by atoms with Crippen LogP contribution in [0.2, 0.25) is 10.0 Å². The van der Waals surface area contributed by atoms with Gasteiger partial charge in [0.2, 0.25) is 10.0 Å². The number of hydrogen-bond donors (Lipinski definition) is 1. The number of ether oxygens (including phenoxy) is 1. The molecule has 0 saturated carbocycles. The Bertz CT molecular complexity index is 1390. The second-order valence-corrected chi connectivity index (χ2v) is 10.9. The Hall–Kier alpha value is -1.81. The number of carbonyl (C=O) groups excluding carboxylic acids is 1. The van der Waals surface area contributed by atoms with E-state index in [0.717, 1.165) is 36.0 Å². The van der Waals surface area contributed by atoms with Gasteiger partial charge in [0.05, 0.1) is 6.26 Å². The second kappa shape index (κ2) is 12.2. The molecule has 1 N–H and O–H groups in total. The first kappa shape index (κ1) is 28.8. The first-order valence-electron chi connectivity index (χ1n) is 10.8. The third kappa shape index (κ3) is 7.15. The molecule has 11 heteroatoms. The third-order valence-corrected chi connectivity index (χ3v) is 6.68. The fourth-order valence-electron chi connectivity index (χ4n) is 4.11. The number of rotatable bonds is 7. The Balaban J connectivity index is 0.00000361. The van der Waals surface area contributed by atoms with Gasteiger partial charge in [0, 0.05) is 45.5 Å². The zero-order valence-electron chi connectivity index (χ0n) is 18.9. The summed E-state index contributed by atoms with van der Waals surface area (Å²) in [7, 11) is -3.68. The van der Waals surface area contributed by atoms with E-state index in [1.165, 1.54) is 6.07 Å². The molecule has 0 bridgehead atoms. The Morgan fingerprint density at radius 3 is 2.53 bits per heavy atom. The number of sulfonamides is 1. The summed E-state index contributed by atoms with van der Waals surface area (Å²) in [5.41, 5.74) is 3.13. The zero-order chi connectivity index (χ0) is 25.2. The van der Waals surface area contributed by atoms with Gasteiger partial charge < -0.3 is 9.64 Å². The zero-order valence-corrected chi connectivity index (χ0v) is 21.2. The Morgan fingerprint density at radius 1 is 1.08 bits per heavy atom. The van der Waals surface area contributed by atoms with Gasteiger partial charge in [0.1, 0.15) is 18.2 Å². The van der Waals surface area contributed by atoms with Crippen LogP contribution >= 0.6 is 23.2 Å². The van der Waals surface area contributed by atoms with E-state index >= 15 is 0 Å². The number of fused-ring (bicyclic) bond motifs is 1. The van der Waals surface area contributed by atoms with Crippen molar-refractivity contribution in [1.29, 1.82) is 0 Å². The van der Waals surface area contributed by atoms with E-state index < -0.39 is 21.7 Å². The summed E-state index contributed by atoms with van der Waals surface area (Å²) in [6.45, 7) is 1.18. The Kier molecular flexibility index (Phi) is 9.71. The third-order valence-electron chi connectivity index (χ3n) is 5.65. The minimum absolute atomic E-state index is 0. The van der Waals surface area contributed by atoms with Gasteiger partial charge >= 0.3 is 29.6 Å². The molecule has 0 atom stereocenters. The number of nitrogens with zero attached hydrogens (tertiary/aromatic N) is 1. The van der Waals surface area contributed by atoms with E-state index in [4.69, 9.17) is 27.9 Å². The van der Waals surface area contributed by atoms with Crippen molar-refractivity contribution in [2.45, 2.75) is 26.0 Å². The number of carbonyl (C=O) groups is 1. The van der Waals surface area contributed by atoms with Crippen LogP contribution in [0.3, 0.4) is 0 Å². The summed E-state index contributed by atoms with van der Waals surface area (Å²) in [5.74, 6) is -0.539. The summed E-state index contributed by atoms with van der Waals surface area (Å²) in [5, 5.41) is 0.843. The summed E-state index contributed by atoms with van der Waals surface area (Å²) in [6.07, 6.45) is 2.38. The summed E-state index contributed by atoms with van der Waals surface area (Å²) >= 11 is 12.1. The van der Waals surface area contributed by atoms with Crippen LogP contribution in [0, 0.1) is 5.82 Å². The van der Waals surface area contributed by atoms with Gasteiger partial charge in [-0.15, -0.1) is 0 Å². The maximum absolute atomic E-state index is 14.2. The Labute approximate surface area is 242 Å². The molecule has 0 saturated heterocycles. The topological polar surface area (TPSA) is 75.7 Å². The molecule has 0 unspecified atom stereocenters. The summed E-state index contributed by atoms with van der Waals surface area (Å²) in [6, 6.07) is 14.9. The van der Waals surface area contributed by atoms with Crippen LogP contribution < -0.4 is 14.4 Å². The van der Waals surface area contributed by atoms with Crippen LogP contribution in [0.25, 0.3) is 0 Å². The molecule has 0 radical (unpaired) electrons. The number of amides is 1. The molecule has 0 aromatic heterocycles. The van der Waals surface area contributed by atoms with Crippen molar-refractivity contribution in [1.82, 2.24) is 4.72 Å². The molecule has 36 heavy (non-hydrogen) atoms. The monoisotopic (exact) mass is 560 g/mol. The molecule has 1 amide bonds. The molecule has 1 aliphatic heterocycles. The van der Waals surface area contributed by atoms with E-state index in [0.29, 0.717) is 39.9 Å². The van der Waals surface area contributed by atoms with Gasteiger partial charge in [-0.05, 0) is 60.9 Å². The number of benzene rings is 3. The van der Waals surface area contributed by atoms with Crippen LogP contribution in [-0.2, 0) is 29.6 Å². The fourth-order valence-corrected chi connectivity index (χ4v) is 4.91. The normalized spacial score (nSPS) is 12.9. The van der Waals surface area contributed by atoms with Gasteiger partial charge in [-0.3, -0.25) is 4.79 Å². The molecular weight excluding hydrogens is 537 g/mol. The van der Waals surface area contributed by atoms with E-state index in [2.05, 4.69) is 4.90 Å². The first-order chi connectivity index (χ1) is 16.6. The molecule has 0 fully saturated rings. The standard InChI is InChI=1S/C25H23Cl2FN2O4S.Na.H/c1-35(32,33)29-25(31)21-4-2-6-23-20(21)5-3-11-30(23)14-17-12-18(26)9-10-24(17)34-15-16-7-8-19(27)13-22(16)28;;/h2,4,6-10,12-13H,3,5,11,14-15H2,1H3,(H,29,31);;. The van der Waals surface area contributed by atoms with Crippen LogP contribution in [0.15, 0.2) is 54.6 Å². The molecule has 3 aromatic carbocycles. The molecule has 0 aliphatic carbocycles. The van der Waals surface area contributed by atoms with E-state index in [9.17, 15) is 17.6 Å². The van der Waals surface area contributed by atoms with Gasteiger partial charge in [0.25, 0.3) is 5.91 Å². The predicted octanol–water partition coefficient (Wildman–Crippen LogP) is 4.71. The van der Waals surface area contributed by atoms with Crippen LogP contribution in [0.4, 0.5) is 10.1 Å². The Morgan fingerprint density at radius 2 is 1.81 bits per heavy atom. The van der Waals surface area contributed by atoms with Crippen molar-refractivity contribution >= 4 is 74.4 Å². The second-order valence-electron chi connectivity index (χ2n) is 8.31. The number of hydrogen-bond acceptors (Lipinski definition) is 5. The molecule has 186 valence electrons. The van der Waals surface area contributed by atoms with Crippen LogP contribution in [0.1, 0.15) is 33.5 Å². The van der Waals surface area contributed by atoms with Crippen molar-refractivity contribution in [2.24, 2.45) is 0 Å². The van der Waals surface area contributed by atoms with E-state index in [1.807, 2.05) is 10.8 Å². The maximum atomic E-state index is 14.2. The minimum atomic E-state index is -3.68. The van der Waals surface area contributed by atoms with Gasteiger partial charge in [-0.2, -0.15) is 0 Å². The molecular formula is C25H24Cl2FN2NaO4S. The van der Waals surface area contributed by atoms with Crippen molar-refractivity contribution in [3.8, 4) is 5.75 Å². The van der Waals surface area contributed by atoms with Crippen LogP contribution in [0.5, 0.6) is 5.75 Å². The van der Waals surface area contributed by atoms with Gasteiger partial charge in [-0.25, -0.2) is 17.5 Å². The quantitative estimate of drug-likeness (QED) is 0.424. The number of nitrogens with one attached hydrogen (secondary N) is 1. The number of anilines is 1. The van der Waals surface area contributed by atoms with E-state index in [-0.39, 0.29) is 36.2 Å². The summed E-state index contributed by atoms with van der Waals surface area (Å²) in [4.78, 5) is 14.7. The van der Waals surface area contributed by atoms with Gasteiger partial charge in [0.15, 0.2) is 0 Å². The number of halogens is 3. The first-order valence-corrected chi connectivity index (χ1v) is 13.5. The van der Waals surface area contributed by atoms with Crippen molar-refractivity contribution in [2.75, 3.05) is 17.7 Å². The molecule has 1 heterocycles. The molecule has 3 aromatic rings. The molecule has 1 aliphatic rings. The predicted molar refractivity (Wildman–Crippen MR) is 142 cm³/mol. The summed E-state index contributed by atoms with van der Waals surface area (Å²) < 4.78 is 45.3.